The van der Waals surface area contributed by atoms with Gasteiger partial charge in [0, 0.05) is 32.0 Å². The lowest BCUT2D eigenvalue weighted by Crippen LogP contribution is -2.27. The van der Waals surface area contributed by atoms with E-state index >= 15 is 0 Å². The highest BCUT2D eigenvalue weighted by molar-refractivity contribution is 5.30. The fourth-order valence-corrected chi connectivity index (χ4v) is 1.22. The molecule has 15 heavy (non-hydrogen) atoms. The maximum Gasteiger partial charge on any atom is 0.293 e. The Hall–Kier alpha value is -1.36. The van der Waals surface area contributed by atoms with Crippen LogP contribution in [0.15, 0.2) is 17.2 Å². The molecule has 0 saturated carbocycles. The molecule has 5 nitrogen and oxygen atoms in total. The second-order valence-corrected chi connectivity index (χ2v) is 3.60. The third-order valence-corrected chi connectivity index (χ3v) is 2.11. The van der Waals surface area contributed by atoms with Crippen molar-refractivity contribution in [1.82, 2.24) is 14.5 Å². The van der Waals surface area contributed by atoms with Gasteiger partial charge in [-0.3, -0.25) is 4.79 Å². The monoisotopic (exact) mass is 210 g/mol. The number of aryl methyl sites for hydroxylation is 1. The minimum Gasteiger partial charge on any atom is -0.364 e. The van der Waals surface area contributed by atoms with E-state index in [4.69, 9.17) is 0 Å². The number of aromatic nitrogens is 2. The molecule has 1 aromatic rings. The molecular weight excluding hydrogens is 192 g/mol. The van der Waals surface area contributed by atoms with Crippen LogP contribution in [0.5, 0.6) is 0 Å². The summed E-state index contributed by atoms with van der Waals surface area (Å²) in [5.41, 5.74) is -0.0567. The lowest BCUT2D eigenvalue weighted by molar-refractivity contribution is 0.425. The molecule has 0 fully saturated rings. The Morgan fingerprint density at radius 2 is 2.27 bits per heavy atom. The van der Waals surface area contributed by atoms with Crippen LogP contribution < -0.4 is 10.9 Å². The minimum absolute atomic E-state index is 0.0567. The summed E-state index contributed by atoms with van der Waals surface area (Å²) < 4.78 is 1.63. The highest BCUT2D eigenvalue weighted by Gasteiger charge is 2.02. The lowest BCUT2D eigenvalue weighted by Gasteiger charge is -2.11. The molecule has 0 radical (unpaired) electrons. The predicted octanol–water partition coefficient (Wildman–Crippen LogP) is 0.237. The average molecular weight is 210 g/mol. The molecule has 1 N–H and O–H groups in total. The van der Waals surface area contributed by atoms with Crippen LogP contribution in [0.4, 0.5) is 5.82 Å². The Labute approximate surface area is 89.7 Å². The van der Waals surface area contributed by atoms with Gasteiger partial charge in [0.15, 0.2) is 5.82 Å². The molecule has 1 rings (SSSR count). The third kappa shape index (κ3) is 3.36. The molecule has 0 amide bonds. The molecule has 1 heterocycles. The first-order valence-corrected chi connectivity index (χ1v) is 5.09. The van der Waals surface area contributed by atoms with E-state index in [-0.39, 0.29) is 5.56 Å². The maximum absolute atomic E-state index is 11.7. The molecule has 0 atom stereocenters. The average Bonchev–Trinajstić information content (AvgIpc) is 2.20. The standard InChI is InChI=1S/C10H18N4O/c1-4-14-8-6-12-9(10(14)15)11-5-7-13(2)3/h6,8H,4-5,7H2,1-3H3,(H,11,12). The number of likely N-dealkylation sites (N-methyl/N-ethyl adjacent to an activating group) is 1. The van der Waals surface area contributed by atoms with E-state index in [0.717, 1.165) is 13.1 Å². The van der Waals surface area contributed by atoms with E-state index in [1.54, 1.807) is 17.0 Å². The van der Waals surface area contributed by atoms with Gasteiger partial charge < -0.3 is 14.8 Å². The van der Waals surface area contributed by atoms with Crippen molar-refractivity contribution in [2.45, 2.75) is 13.5 Å². The van der Waals surface area contributed by atoms with Gasteiger partial charge in [0.05, 0.1) is 0 Å². The first kappa shape index (κ1) is 11.7. The van der Waals surface area contributed by atoms with Crippen molar-refractivity contribution in [3.8, 4) is 0 Å². The van der Waals surface area contributed by atoms with E-state index in [2.05, 4.69) is 10.3 Å². The highest BCUT2D eigenvalue weighted by atomic mass is 16.1. The number of nitrogens with one attached hydrogen (secondary N) is 1. The van der Waals surface area contributed by atoms with E-state index in [9.17, 15) is 4.79 Å². The predicted molar refractivity (Wildman–Crippen MR) is 61.2 cm³/mol. The fraction of sp³-hybridized carbons (Fsp3) is 0.600. The Kier molecular flexibility index (Phi) is 4.30. The molecule has 0 aliphatic rings. The van der Waals surface area contributed by atoms with Gasteiger partial charge in [-0.2, -0.15) is 0 Å². The minimum atomic E-state index is -0.0567. The Balaban J connectivity index is 2.65. The summed E-state index contributed by atoms with van der Waals surface area (Å²) >= 11 is 0. The summed E-state index contributed by atoms with van der Waals surface area (Å²) in [6.07, 6.45) is 3.34. The number of hydrogen-bond donors (Lipinski definition) is 1. The number of nitrogens with zero attached hydrogens (tertiary/aromatic N) is 3. The van der Waals surface area contributed by atoms with Gasteiger partial charge in [-0.1, -0.05) is 0 Å². The van der Waals surface area contributed by atoms with Crippen LogP contribution in [0.1, 0.15) is 6.92 Å². The van der Waals surface area contributed by atoms with E-state index in [1.807, 2.05) is 25.9 Å². The van der Waals surface area contributed by atoms with Gasteiger partial charge >= 0.3 is 0 Å². The Morgan fingerprint density at radius 1 is 1.53 bits per heavy atom. The lowest BCUT2D eigenvalue weighted by atomic mass is 10.5. The van der Waals surface area contributed by atoms with Gasteiger partial charge in [0.2, 0.25) is 0 Å². The molecular formula is C10H18N4O. The smallest absolute Gasteiger partial charge is 0.293 e. The first-order chi connectivity index (χ1) is 7.15. The molecule has 5 heteroatoms. The molecule has 0 aromatic carbocycles. The SMILES string of the molecule is CCn1ccnc(NCCN(C)C)c1=O. The molecule has 0 aliphatic carbocycles. The van der Waals surface area contributed by atoms with Gasteiger partial charge in [0.25, 0.3) is 5.56 Å². The quantitative estimate of drug-likeness (QED) is 0.756. The second-order valence-electron chi connectivity index (χ2n) is 3.60. The van der Waals surface area contributed by atoms with Gasteiger partial charge in [-0.15, -0.1) is 0 Å². The molecule has 0 unspecified atom stereocenters. The molecule has 1 aromatic heterocycles. The molecule has 0 aliphatic heterocycles. The number of anilines is 1. The number of hydrogen-bond acceptors (Lipinski definition) is 4. The number of rotatable bonds is 5. The largest absolute Gasteiger partial charge is 0.364 e. The molecule has 0 bridgehead atoms. The van der Waals surface area contributed by atoms with Crippen molar-refractivity contribution in [3.63, 3.8) is 0 Å². The van der Waals surface area contributed by atoms with E-state index in [0.29, 0.717) is 12.4 Å². The molecule has 0 spiro atoms. The van der Waals surface area contributed by atoms with E-state index in [1.165, 1.54) is 0 Å². The maximum atomic E-state index is 11.7. The summed E-state index contributed by atoms with van der Waals surface area (Å²) in [7, 11) is 3.98. The topological polar surface area (TPSA) is 50.2 Å². The van der Waals surface area contributed by atoms with Crippen molar-refractivity contribution in [3.05, 3.63) is 22.7 Å². The Bertz CT molecular complexity index is 359. The van der Waals surface area contributed by atoms with Crippen LogP contribution in [0.25, 0.3) is 0 Å². The van der Waals surface area contributed by atoms with Crippen LogP contribution in [-0.2, 0) is 6.54 Å². The van der Waals surface area contributed by atoms with Gasteiger partial charge in [0.1, 0.15) is 0 Å². The highest BCUT2D eigenvalue weighted by Crippen LogP contribution is 1.92. The molecule has 84 valence electrons. The zero-order valence-electron chi connectivity index (χ0n) is 9.53. The first-order valence-electron chi connectivity index (χ1n) is 5.09. The second kappa shape index (κ2) is 5.50. The van der Waals surface area contributed by atoms with Crippen LogP contribution in [0.3, 0.4) is 0 Å². The zero-order chi connectivity index (χ0) is 11.3. The summed E-state index contributed by atoms with van der Waals surface area (Å²) in [5.74, 6) is 0.432. The van der Waals surface area contributed by atoms with Crippen molar-refractivity contribution in [2.24, 2.45) is 0 Å². The van der Waals surface area contributed by atoms with Crippen LogP contribution in [0, 0.1) is 0 Å². The van der Waals surface area contributed by atoms with Gasteiger partial charge in [-0.25, -0.2) is 4.98 Å². The van der Waals surface area contributed by atoms with E-state index < -0.39 is 0 Å². The normalized spacial score (nSPS) is 10.7. The van der Waals surface area contributed by atoms with Crippen LogP contribution >= 0.6 is 0 Å². The summed E-state index contributed by atoms with van der Waals surface area (Å²) in [5, 5.41) is 3.03. The van der Waals surface area contributed by atoms with Crippen molar-refractivity contribution in [1.29, 1.82) is 0 Å². The fourth-order valence-electron chi connectivity index (χ4n) is 1.22. The van der Waals surface area contributed by atoms with Crippen LogP contribution in [0.2, 0.25) is 0 Å². The zero-order valence-corrected chi connectivity index (χ0v) is 9.53. The van der Waals surface area contributed by atoms with Crippen molar-refractivity contribution >= 4 is 5.82 Å². The van der Waals surface area contributed by atoms with Crippen molar-refractivity contribution in [2.75, 3.05) is 32.5 Å². The molecule has 0 saturated heterocycles. The third-order valence-electron chi connectivity index (χ3n) is 2.11. The Morgan fingerprint density at radius 3 is 2.87 bits per heavy atom. The van der Waals surface area contributed by atoms with Gasteiger partial charge in [-0.05, 0) is 21.0 Å². The van der Waals surface area contributed by atoms with Crippen LogP contribution in [-0.4, -0.2) is 41.6 Å². The summed E-state index contributed by atoms with van der Waals surface area (Å²) in [6.45, 7) is 4.21. The summed E-state index contributed by atoms with van der Waals surface area (Å²) in [4.78, 5) is 17.8. The van der Waals surface area contributed by atoms with Crippen molar-refractivity contribution < 1.29 is 0 Å². The summed E-state index contributed by atoms with van der Waals surface area (Å²) in [6, 6.07) is 0.